The van der Waals surface area contributed by atoms with Crippen molar-refractivity contribution < 1.29 is 17.6 Å². The van der Waals surface area contributed by atoms with Gasteiger partial charge in [-0.15, -0.1) is 0 Å². The van der Waals surface area contributed by atoms with Gasteiger partial charge in [0.05, 0.1) is 13.2 Å². The quantitative estimate of drug-likeness (QED) is 0.649. The summed E-state index contributed by atoms with van der Waals surface area (Å²) in [6.45, 7) is 2.00. The molecule has 0 saturated heterocycles. The van der Waals surface area contributed by atoms with Gasteiger partial charge in [0.15, 0.2) is 0 Å². The molecular formula is C17H24N2O4S. The zero-order valence-electron chi connectivity index (χ0n) is 14.3. The SMILES string of the molecule is CN(CCCOc1ccccc1)Cc1ccc(S(=O)(=O)N(C)C)o1. The molecule has 0 saturated carbocycles. The van der Waals surface area contributed by atoms with Crippen LogP contribution in [0.15, 0.2) is 52.0 Å². The molecule has 1 heterocycles. The first-order chi connectivity index (χ1) is 11.4. The number of ether oxygens (including phenoxy) is 1. The summed E-state index contributed by atoms with van der Waals surface area (Å²) in [6.07, 6.45) is 0.870. The second kappa shape index (κ2) is 8.32. The van der Waals surface area contributed by atoms with E-state index in [2.05, 4.69) is 4.90 Å². The lowest BCUT2D eigenvalue weighted by atomic mass is 10.3. The Morgan fingerprint density at radius 3 is 2.42 bits per heavy atom. The van der Waals surface area contributed by atoms with Crippen molar-refractivity contribution in [3.63, 3.8) is 0 Å². The topological polar surface area (TPSA) is 63.0 Å². The van der Waals surface area contributed by atoms with Crippen LogP contribution in [0.25, 0.3) is 0 Å². The van der Waals surface area contributed by atoms with Crippen molar-refractivity contribution in [3.05, 3.63) is 48.2 Å². The summed E-state index contributed by atoms with van der Waals surface area (Å²) in [5.41, 5.74) is 0. The number of sulfonamides is 1. The minimum Gasteiger partial charge on any atom is -0.494 e. The number of para-hydroxylation sites is 1. The van der Waals surface area contributed by atoms with Crippen LogP contribution in [0.1, 0.15) is 12.2 Å². The van der Waals surface area contributed by atoms with Gasteiger partial charge in [-0.25, -0.2) is 12.7 Å². The first-order valence-electron chi connectivity index (χ1n) is 7.77. The molecule has 24 heavy (non-hydrogen) atoms. The van der Waals surface area contributed by atoms with Crippen LogP contribution in [0, 0.1) is 0 Å². The van der Waals surface area contributed by atoms with Crippen LogP contribution in [-0.2, 0) is 16.6 Å². The molecule has 2 rings (SSSR count). The lowest BCUT2D eigenvalue weighted by Gasteiger charge is -2.15. The van der Waals surface area contributed by atoms with Gasteiger partial charge in [-0.2, -0.15) is 0 Å². The predicted molar refractivity (Wildman–Crippen MR) is 92.5 cm³/mol. The third-order valence-electron chi connectivity index (χ3n) is 3.49. The maximum Gasteiger partial charge on any atom is 0.275 e. The Bertz CT molecular complexity index is 726. The van der Waals surface area contributed by atoms with E-state index in [0.29, 0.717) is 18.9 Å². The molecule has 0 fully saturated rings. The number of hydrogen-bond acceptors (Lipinski definition) is 5. The molecule has 0 bridgehead atoms. The first-order valence-corrected chi connectivity index (χ1v) is 9.21. The minimum absolute atomic E-state index is 0.0247. The van der Waals surface area contributed by atoms with Crippen molar-refractivity contribution in [2.75, 3.05) is 34.3 Å². The molecule has 0 spiro atoms. The largest absolute Gasteiger partial charge is 0.494 e. The molecule has 0 atom stereocenters. The second-order valence-electron chi connectivity index (χ2n) is 5.76. The molecule has 2 aromatic rings. The highest BCUT2D eigenvalue weighted by molar-refractivity contribution is 7.88. The van der Waals surface area contributed by atoms with Gasteiger partial charge in [-0.05, 0) is 37.7 Å². The number of nitrogens with zero attached hydrogens (tertiary/aromatic N) is 2. The Morgan fingerprint density at radius 1 is 1.04 bits per heavy atom. The van der Waals surface area contributed by atoms with Gasteiger partial charge in [-0.1, -0.05) is 18.2 Å². The molecule has 1 aromatic heterocycles. The van der Waals surface area contributed by atoms with E-state index >= 15 is 0 Å². The Kier molecular flexibility index (Phi) is 6.42. The average molecular weight is 352 g/mol. The van der Waals surface area contributed by atoms with E-state index < -0.39 is 10.0 Å². The van der Waals surface area contributed by atoms with E-state index in [0.717, 1.165) is 23.0 Å². The maximum absolute atomic E-state index is 12.0. The number of hydrogen-bond donors (Lipinski definition) is 0. The molecule has 0 radical (unpaired) electrons. The fourth-order valence-corrected chi connectivity index (χ4v) is 2.96. The molecule has 0 amide bonds. The smallest absolute Gasteiger partial charge is 0.275 e. The van der Waals surface area contributed by atoms with E-state index in [-0.39, 0.29) is 5.09 Å². The molecule has 6 nitrogen and oxygen atoms in total. The van der Waals surface area contributed by atoms with Crippen molar-refractivity contribution in [3.8, 4) is 5.75 Å². The maximum atomic E-state index is 12.0. The van der Waals surface area contributed by atoms with Gasteiger partial charge in [0.1, 0.15) is 11.5 Å². The van der Waals surface area contributed by atoms with Crippen LogP contribution in [0.5, 0.6) is 5.75 Å². The summed E-state index contributed by atoms with van der Waals surface area (Å²) in [7, 11) is 1.41. The Hall–Kier alpha value is -1.83. The predicted octanol–water partition coefficient (Wildman–Crippen LogP) is 2.43. The standard InChI is InChI=1S/C17H24N2O4S/c1-18(2)24(20,21)17-11-10-16(23-17)14-19(3)12-7-13-22-15-8-5-4-6-9-15/h4-6,8-11H,7,12-14H2,1-3H3. The summed E-state index contributed by atoms with van der Waals surface area (Å²) in [5, 5.41) is -0.0247. The van der Waals surface area contributed by atoms with Crippen LogP contribution in [0.4, 0.5) is 0 Å². The normalized spacial score (nSPS) is 12.0. The third-order valence-corrected chi connectivity index (χ3v) is 5.18. The van der Waals surface area contributed by atoms with Crippen molar-refractivity contribution in [2.24, 2.45) is 0 Å². The fraction of sp³-hybridized carbons (Fsp3) is 0.412. The zero-order chi connectivity index (χ0) is 17.6. The zero-order valence-corrected chi connectivity index (χ0v) is 15.1. The number of benzene rings is 1. The van der Waals surface area contributed by atoms with Crippen molar-refractivity contribution >= 4 is 10.0 Å². The molecule has 0 N–H and O–H groups in total. The highest BCUT2D eigenvalue weighted by Crippen LogP contribution is 2.18. The lowest BCUT2D eigenvalue weighted by Crippen LogP contribution is -2.22. The third kappa shape index (κ3) is 5.09. The molecule has 0 aliphatic heterocycles. The average Bonchev–Trinajstić information content (AvgIpc) is 3.01. The fourth-order valence-electron chi connectivity index (χ4n) is 2.15. The molecule has 1 aromatic carbocycles. The summed E-state index contributed by atoms with van der Waals surface area (Å²) in [5.74, 6) is 1.49. The van der Waals surface area contributed by atoms with Gasteiger partial charge >= 0.3 is 0 Å². The van der Waals surface area contributed by atoms with Crippen LogP contribution < -0.4 is 4.74 Å². The summed E-state index contributed by atoms with van der Waals surface area (Å²) >= 11 is 0. The van der Waals surface area contributed by atoms with E-state index in [9.17, 15) is 8.42 Å². The van der Waals surface area contributed by atoms with E-state index in [1.807, 2.05) is 37.4 Å². The van der Waals surface area contributed by atoms with Crippen molar-refractivity contribution in [2.45, 2.75) is 18.1 Å². The van der Waals surface area contributed by atoms with E-state index in [1.54, 1.807) is 6.07 Å². The molecule has 7 heteroatoms. The number of rotatable bonds is 9. The van der Waals surface area contributed by atoms with Gasteiger partial charge < -0.3 is 9.15 Å². The molecule has 132 valence electrons. The van der Waals surface area contributed by atoms with Crippen LogP contribution in [0.2, 0.25) is 0 Å². The second-order valence-corrected chi connectivity index (χ2v) is 7.84. The summed E-state index contributed by atoms with van der Waals surface area (Å²) < 4.78 is 36.2. The number of furan rings is 1. The molecule has 0 unspecified atom stereocenters. The van der Waals surface area contributed by atoms with Gasteiger partial charge in [0.25, 0.3) is 10.0 Å². The lowest BCUT2D eigenvalue weighted by molar-refractivity contribution is 0.242. The molecule has 0 aliphatic rings. The summed E-state index contributed by atoms with van der Waals surface area (Å²) in [4.78, 5) is 2.07. The summed E-state index contributed by atoms with van der Waals surface area (Å²) in [6, 6.07) is 12.9. The Labute approximate surface area is 143 Å². The first kappa shape index (κ1) is 18.5. The Morgan fingerprint density at radius 2 is 1.75 bits per heavy atom. The van der Waals surface area contributed by atoms with Gasteiger partial charge in [0, 0.05) is 20.6 Å². The highest BCUT2D eigenvalue weighted by atomic mass is 32.2. The van der Waals surface area contributed by atoms with Crippen LogP contribution in [-0.4, -0.2) is 51.9 Å². The van der Waals surface area contributed by atoms with Gasteiger partial charge in [0.2, 0.25) is 5.09 Å². The van der Waals surface area contributed by atoms with Crippen molar-refractivity contribution in [1.82, 2.24) is 9.21 Å². The molecule has 0 aliphatic carbocycles. The van der Waals surface area contributed by atoms with Crippen molar-refractivity contribution in [1.29, 1.82) is 0 Å². The van der Waals surface area contributed by atoms with E-state index in [4.69, 9.17) is 9.15 Å². The van der Waals surface area contributed by atoms with Gasteiger partial charge in [-0.3, -0.25) is 4.90 Å². The Balaban J connectivity index is 1.77. The highest BCUT2D eigenvalue weighted by Gasteiger charge is 2.21. The minimum atomic E-state index is -3.52. The molecular weight excluding hydrogens is 328 g/mol. The van der Waals surface area contributed by atoms with E-state index in [1.165, 1.54) is 20.2 Å². The monoisotopic (exact) mass is 352 g/mol. The van der Waals surface area contributed by atoms with Crippen LogP contribution in [0.3, 0.4) is 0 Å². The van der Waals surface area contributed by atoms with Crippen LogP contribution >= 0.6 is 0 Å².